The molecule has 0 amide bonds. The van der Waals surface area contributed by atoms with E-state index in [9.17, 15) is 9.90 Å². The molecule has 0 bridgehead atoms. The van der Waals surface area contributed by atoms with E-state index >= 15 is 0 Å². The van der Waals surface area contributed by atoms with E-state index in [0.717, 1.165) is 12.8 Å². The summed E-state index contributed by atoms with van der Waals surface area (Å²) in [7, 11) is 0. The molecule has 1 aliphatic rings. The molecule has 22 heavy (non-hydrogen) atoms. The summed E-state index contributed by atoms with van der Waals surface area (Å²) in [4.78, 5) is 19.6. The lowest BCUT2D eigenvalue weighted by molar-refractivity contribution is -0.141. The Kier molecular flexibility index (Phi) is 4.18. The molecule has 0 spiro atoms. The lowest BCUT2D eigenvalue weighted by Crippen LogP contribution is -2.30. The van der Waals surface area contributed by atoms with Crippen LogP contribution in [0, 0.1) is 5.92 Å². The van der Waals surface area contributed by atoms with Crippen LogP contribution in [0.4, 0.5) is 5.95 Å². The molecule has 2 aromatic rings. The summed E-state index contributed by atoms with van der Waals surface area (Å²) in [6, 6.07) is 10.9. The van der Waals surface area contributed by atoms with E-state index in [4.69, 9.17) is 4.74 Å². The van der Waals surface area contributed by atoms with Crippen LogP contribution < -0.4 is 10.1 Å². The Morgan fingerprint density at radius 1 is 1.23 bits per heavy atom. The molecule has 6 heteroatoms. The fourth-order valence-electron chi connectivity index (χ4n) is 2.67. The number of nitrogens with zero attached hydrogens (tertiary/aromatic N) is 2. The lowest BCUT2D eigenvalue weighted by atomic mass is 10.0. The minimum Gasteiger partial charge on any atom is -0.481 e. The normalized spacial score (nSPS) is 20.5. The van der Waals surface area contributed by atoms with Gasteiger partial charge in [0.2, 0.25) is 11.8 Å². The van der Waals surface area contributed by atoms with Gasteiger partial charge in [-0.3, -0.25) is 4.79 Å². The molecule has 2 N–H and O–H groups in total. The van der Waals surface area contributed by atoms with Gasteiger partial charge in [-0.15, -0.1) is 0 Å². The van der Waals surface area contributed by atoms with Crippen molar-refractivity contribution >= 4 is 11.9 Å². The maximum absolute atomic E-state index is 11.2. The van der Waals surface area contributed by atoms with Gasteiger partial charge in [-0.2, -0.15) is 4.98 Å². The molecule has 2 atom stereocenters. The van der Waals surface area contributed by atoms with Crippen molar-refractivity contribution in [3.8, 4) is 11.6 Å². The van der Waals surface area contributed by atoms with Crippen LogP contribution in [-0.2, 0) is 4.79 Å². The second kappa shape index (κ2) is 6.43. The molecule has 1 saturated carbocycles. The van der Waals surface area contributed by atoms with Gasteiger partial charge in [0.1, 0.15) is 5.75 Å². The van der Waals surface area contributed by atoms with Crippen LogP contribution in [0.1, 0.15) is 19.3 Å². The molecular formula is C16H17N3O3. The van der Waals surface area contributed by atoms with E-state index in [1.165, 1.54) is 0 Å². The average molecular weight is 299 g/mol. The first-order valence-electron chi connectivity index (χ1n) is 7.27. The zero-order valence-electron chi connectivity index (χ0n) is 12.0. The van der Waals surface area contributed by atoms with Crippen LogP contribution in [0.25, 0.3) is 0 Å². The van der Waals surface area contributed by atoms with Crippen molar-refractivity contribution < 1.29 is 14.6 Å². The summed E-state index contributed by atoms with van der Waals surface area (Å²) in [5.41, 5.74) is 0. The molecule has 2 unspecified atom stereocenters. The summed E-state index contributed by atoms with van der Waals surface area (Å²) in [5, 5.41) is 12.3. The summed E-state index contributed by atoms with van der Waals surface area (Å²) >= 11 is 0. The first-order valence-corrected chi connectivity index (χ1v) is 7.27. The predicted molar refractivity (Wildman–Crippen MR) is 80.9 cm³/mol. The van der Waals surface area contributed by atoms with Crippen molar-refractivity contribution in [3.05, 3.63) is 42.6 Å². The SMILES string of the molecule is O=C(O)C1CCCC1Nc1nccc(Oc2ccccc2)n1. The predicted octanol–water partition coefficient (Wildman–Crippen LogP) is 2.93. The molecule has 3 rings (SSSR count). The third kappa shape index (κ3) is 3.33. The fourth-order valence-corrected chi connectivity index (χ4v) is 2.67. The molecule has 6 nitrogen and oxygen atoms in total. The third-order valence-corrected chi connectivity index (χ3v) is 3.74. The van der Waals surface area contributed by atoms with Gasteiger partial charge in [0.05, 0.1) is 5.92 Å². The molecule has 0 aliphatic heterocycles. The first-order chi connectivity index (χ1) is 10.7. The van der Waals surface area contributed by atoms with Gasteiger partial charge in [0.15, 0.2) is 0 Å². The summed E-state index contributed by atoms with van der Waals surface area (Å²) in [6.45, 7) is 0. The highest BCUT2D eigenvalue weighted by Gasteiger charge is 2.33. The van der Waals surface area contributed by atoms with Crippen molar-refractivity contribution in [2.75, 3.05) is 5.32 Å². The number of hydrogen-bond acceptors (Lipinski definition) is 5. The Labute approximate surface area is 128 Å². The van der Waals surface area contributed by atoms with Gasteiger partial charge in [-0.05, 0) is 25.0 Å². The number of para-hydroxylation sites is 1. The lowest BCUT2D eigenvalue weighted by Gasteiger charge is -2.17. The molecule has 1 aromatic carbocycles. The smallest absolute Gasteiger partial charge is 0.308 e. The molecule has 1 heterocycles. The van der Waals surface area contributed by atoms with Crippen molar-refractivity contribution in [3.63, 3.8) is 0 Å². The number of ether oxygens (including phenoxy) is 1. The number of hydrogen-bond donors (Lipinski definition) is 2. The highest BCUT2D eigenvalue weighted by molar-refractivity contribution is 5.72. The van der Waals surface area contributed by atoms with Crippen molar-refractivity contribution in [2.45, 2.75) is 25.3 Å². The summed E-state index contributed by atoms with van der Waals surface area (Å²) in [6.07, 6.45) is 3.99. The van der Waals surface area contributed by atoms with E-state index in [1.807, 2.05) is 30.3 Å². The second-order valence-electron chi connectivity index (χ2n) is 5.26. The van der Waals surface area contributed by atoms with E-state index < -0.39 is 5.97 Å². The minimum atomic E-state index is -0.772. The molecule has 1 aliphatic carbocycles. The van der Waals surface area contributed by atoms with Crippen LogP contribution in [0.3, 0.4) is 0 Å². The number of aromatic nitrogens is 2. The Morgan fingerprint density at radius 2 is 2.05 bits per heavy atom. The van der Waals surface area contributed by atoms with Gasteiger partial charge in [-0.1, -0.05) is 24.6 Å². The Bertz CT molecular complexity index is 648. The summed E-state index contributed by atoms with van der Waals surface area (Å²) in [5.74, 6) is 0.352. The fraction of sp³-hybridized carbons (Fsp3) is 0.312. The molecule has 0 radical (unpaired) electrons. The van der Waals surface area contributed by atoms with E-state index in [-0.39, 0.29) is 12.0 Å². The Balaban J connectivity index is 1.70. The Morgan fingerprint density at radius 3 is 2.82 bits per heavy atom. The minimum absolute atomic E-state index is 0.135. The van der Waals surface area contributed by atoms with Gasteiger partial charge in [0.25, 0.3) is 0 Å². The molecule has 114 valence electrons. The van der Waals surface area contributed by atoms with E-state index in [0.29, 0.717) is 24.0 Å². The number of benzene rings is 1. The average Bonchev–Trinajstić information content (AvgIpc) is 2.97. The number of rotatable bonds is 5. The van der Waals surface area contributed by atoms with Gasteiger partial charge in [-0.25, -0.2) is 4.98 Å². The monoisotopic (exact) mass is 299 g/mol. The largest absolute Gasteiger partial charge is 0.481 e. The molecular weight excluding hydrogens is 282 g/mol. The number of carbonyl (C=O) groups is 1. The van der Waals surface area contributed by atoms with Crippen molar-refractivity contribution in [1.82, 2.24) is 9.97 Å². The van der Waals surface area contributed by atoms with Crippen LogP contribution >= 0.6 is 0 Å². The van der Waals surface area contributed by atoms with Gasteiger partial charge < -0.3 is 15.2 Å². The highest BCUT2D eigenvalue weighted by atomic mass is 16.5. The van der Waals surface area contributed by atoms with Crippen molar-refractivity contribution in [1.29, 1.82) is 0 Å². The standard InChI is InChI=1S/C16H17N3O3/c20-15(21)12-7-4-8-13(12)18-16-17-10-9-14(19-16)22-11-5-2-1-3-6-11/h1-3,5-6,9-10,12-13H,4,7-8H2,(H,20,21)(H,17,18,19). The maximum atomic E-state index is 11.2. The molecule has 1 fully saturated rings. The number of nitrogens with one attached hydrogen (secondary N) is 1. The quantitative estimate of drug-likeness (QED) is 0.883. The Hall–Kier alpha value is -2.63. The van der Waals surface area contributed by atoms with Crippen molar-refractivity contribution in [2.24, 2.45) is 5.92 Å². The second-order valence-corrected chi connectivity index (χ2v) is 5.26. The molecule has 1 aromatic heterocycles. The number of carboxylic acid groups (broad SMARTS) is 1. The van der Waals surface area contributed by atoms with Crippen LogP contribution in [0.5, 0.6) is 11.6 Å². The third-order valence-electron chi connectivity index (χ3n) is 3.74. The van der Waals surface area contributed by atoms with E-state index in [2.05, 4.69) is 15.3 Å². The van der Waals surface area contributed by atoms with Gasteiger partial charge >= 0.3 is 5.97 Å². The maximum Gasteiger partial charge on any atom is 0.308 e. The number of aliphatic carboxylic acids is 1. The van der Waals surface area contributed by atoms with Crippen LogP contribution in [-0.4, -0.2) is 27.1 Å². The van der Waals surface area contributed by atoms with Crippen LogP contribution in [0.15, 0.2) is 42.6 Å². The highest BCUT2D eigenvalue weighted by Crippen LogP contribution is 2.28. The van der Waals surface area contributed by atoms with E-state index in [1.54, 1.807) is 12.3 Å². The van der Waals surface area contributed by atoms with Gasteiger partial charge in [0, 0.05) is 18.3 Å². The summed E-state index contributed by atoms with van der Waals surface area (Å²) < 4.78 is 5.65. The zero-order chi connectivity index (χ0) is 15.4. The zero-order valence-corrected chi connectivity index (χ0v) is 12.0. The van der Waals surface area contributed by atoms with Crippen LogP contribution in [0.2, 0.25) is 0 Å². The topological polar surface area (TPSA) is 84.3 Å². The number of anilines is 1. The first kappa shape index (κ1) is 14.3. The number of carboxylic acids is 1. The molecule has 0 saturated heterocycles.